The molecule has 4 heteroatoms. The number of para-hydroxylation sites is 1. The number of aromatic nitrogens is 1. The highest BCUT2D eigenvalue weighted by Crippen LogP contribution is 2.33. The largest absolute Gasteiger partial charge is 0.494 e. The summed E-state index contributed by atoms with van der Waals surface area (Å²) in [7, 11) is 1.73. The average Bonchev–Trinajstić information content (AvgIpc) is 3.05. The number of benzene rings is 1. The molecule has 0 amide bonds. The Kier molecular flexibility index (Phi) is 4.80. The van der Waals surface area contributed by atoms with Gasteiger partial charge in [0.1, 0.15) is 11.3 Å². The van der Waals surface area contributed by atoms with Crippen LogP contribution in [-0.4, -0.2) is 49.2 Å². The number of pyridine rings is 1. The van der Waals surface area contributed by atoms with Gasteiger partial charge in [0.15, 0.2) is 0 Å². The maximum Gasteiger partial charge on any atom is 0.145 e. The zero-order valence-electron chi connectivity index (χ0n) is 15.5. The van der Waals surface area contributed by atoms with Crippen LogP contribution in [0.3, 0.4) is 0 Å². The van der Waals surface area contributed by atoms with Gasteiger partial charge in [-0.25, -0.2) is 4.98 Å². The number of hydrogen-bond donors (Lipinski definition) is 0. The Bertz CT molecular complexity index is 739. The number of ether oxygens (including phenoxy) is 1. The maximum atomic E-state index is 5.55. The summed E-state index contributed by atoms with van der Waals surface area (Å²) in [5.41, 5.74) is 3.37. The van der Waals surface area contributed by atoms with Crippen molar-refractivity contribution in [3.05, 3.63) is 30.0 Å². The van der Waals surface area contributed by atoms with E-state index in [1.165, 1.54) is 56.3 Å². The molecule has 2 fully saturated rings. The fourth-order valence-corrected chi connectivity index (χ4v) is 4.55. The maximum absolute atomic E-state index is 5.55. The van der Waals surface area contributed by atoms with Crippen LogP contribution in [-0.2, 0) is 0 Å². The smallest absolute Gasteiger partial charge is 0.145 e. The van der Waals surface area contributed by atoms with Crippen molar-refractivity contribution in [1.29, 1.82) is 0 Å². The van der Waals surface area contributed by atoms with Crippen molar-refractivity contribution in [2.75, 3.05) is 38.2 Å². The van der Waals surface area contributed by atoms with Gasteiger partial charge in [0, 0.05) is 35.9 Å². The normalized spacial score (nSPS) is 22.3. The molecule has 1 aromatic heterocycles. The second-order valence-electron chi connectivity index (χ2n) is 7.45. The molecule has 2 aromatic rings. The van der Waals surface area contributed by atoms with Crippen molar-refractivity contribution >= 4 is 16.6 Å². The zero-order valence-corrected chi connectivity index (χ0v) is 15.5. The first-order valence-corrected chi connectivity index (χ1v) is 9.69. The predicted octanol–water partition coefficient (Wildman–Crippen LogP) is 4.01. The first-order chi connectivity index (χ1) is 12.3. The van der Waals surface area contributed by atoms with E-state index in [1.54, 1.807) is 7.11 Å². The molecule has 4 rings (SSSR count). The molecule has 2 aliphatic heterocycles. The van der Waals surface area contributed by atoms with Crippen molar-refractivity contribution in [2.24, 2.45) is 0 Å². The Morgan fingerprint density at radius 1 is 1.04 bits per heavy atom. The molecule has 0 saturated carbocycles. The standard InChI is InChI=1S/C21H29N3O/c1-16-15-19(18-8-5-9-20(25-2)21(18)22-16)24-13-6-7-17(10-14-24)23-11-3-4-12-23/h5,8-9,15,17H,3-4,6-7,10-14H2,1-2H3. The molecule has 25 heavy (non-hydrogen) atoms. The number of rotatable bonds is 3. The molecule has 4 nitrogen and oxygen atoms in total. The molecule has 2 saturated heterocycles. The summed E-state index contributed by atoms with van der Waals surface area (Å²) in [4.78, 5) is 10.0. The molecule has 3 heterocycles. The number of nitrogens with zero attached hydrogens (tertiary/aromatic N) is 3. The Balaban J connectivity index is 1.63. The summed E-state index contributed by atoms with van der Waals surface area (Å²) in [6.45, 7) is 6.97. The van der Waals surface area contributed by atoms with E-state index in [0.717, 1.165) is 36.1 Å². The summed E-state index contributed by atoms with van der Waals surface area (Å²) in [5.74, 6) is 0.868. The van der Waals surface area contributed by atoms with Crippen LogP contribution < -0.4 is 9.64 Å². The van der Waals surface area contributed by atoms with E-state index in [0.29, 0.717) is 0 Å². The number of fused-ring (bicyclic) bond motifs is 1. The molecule has 0 spiro atoms. The van der Waals surface area contributed by atoms with Crippen molar-refractivity contribution in [3.63, 3.8) is 0 Å². The van der Waals surface area contributed by atoms with Crippen molar-refractivity contribution in [3.8, 4) is 5.75 Å². The lowest BCUT2D eigenvalue weighted by Crippen LogP contribution is -2.33. The SMILES string of the molecule is COc1cccc2c(N3CCCC(N4CCCC4)CC3)cc(C)nc12. The Hall–Kier alpha value is -1.81. The first-order valence-electron chi connectivity index (χ1n) is 9.69. The predicted molar refractivity (Wildman–Crippen MR) is 104 cm³/mol. The third kappa shape index (κ3) is 3.32. The van der Waals surface area contributed by atoms with Gasteiger partial charge in [-0.05, 0) is 64.3 Å². The molecule has 1 unspecified atom stereocenters. The fraction of sp³-hybridized carbons (Fsp3) is 0.571. The number of aryl methyl sites for hydroxylation is 1. The van der Waals surface area contributed by atoms with Crippen molar-refractivity contribution < 1.29 is 4.74 Å². The van der Waals surface area contributed by atoms with E-state index in [-0.39, 0.29) is 0 Å². The van der Waals surface area contributed by atoms with Gasteiger partial charge < -0.3 is 14.5 Å². The van der Waals surface area contributed by atoms with Gasteiger partial charge in [-0.1, -0.05) is 12.1 Å². The Morgan fingerprint density at radius 3 is 2.68 bits per heavy atom. The molecular formula is C21H29N3O. The Morgan fingerprint density at radius 2 is 1.88 bits per heavy atom. The van der Waals surface area contributed by atoms with E-state index in [1.807, 2.05) is 6.07 Å². The lowest BCUT2D eigenvalue weighted by atomic mass is 10.1. The van der Waals surface area contributed by atoms with Gasteiger partial charge in [0.05, 0.1) is 7.11 Å². The van der Waals surface area contributed by atoms with Crippen LogP contribution >= 0.6 is 0 Å². The van der Waals surface area contributed by atoms with Crippen LogP contribution in [0, 0.1) is 6.92 Å². The van der Waals surface area contributed by atoms with Gasteiger partial charge >= 0.3 is 0 Å². The van der Waals surface area contributed by atoms with Gasteiger partial charge in [-0.3, -0.25) is 0 Å². The van der Waals surface area contributed by atoms with Crippen molar-refractivity contribution in [1.82, 2.24) is 9.88 Å². The van der Waals surface area contributed by atoms with Crippen LogP contribution in [0.5, 0.6) is 5.75 Å². The van der Waals surface area contributed by atoms with Crippen LogP contribution in [0.15, 0.2) is 24.3 Å². The van der Waals surface area contributed by atoms with Gasteiger partial charge in [0.2, 0.25) is 0 Å². The van der Waals surface area contributed by atoms with E-state index in [4.69, 9.17) is 9.72 Å². The van der Waals surface area contributed by atoms with E-state index in [9.17, 15) is 0 Å². The highest BCUT2D eigenvalue weighted by atomic mass is 16.5. The van der Waals surface area contributed by atoms with Crippen molar-refractivity contribution in [2.45, 2.75) is 45.1 Å². The lowest BCUT2D eigenvalue weighted by molar-refractivity contribution is 0.225. The monoisotopic (exact) mass is 339 g/mol. The Labute approximate surface area is 150 Å². The fourth-order valence-electron chi connectivity index (χ4n) is 4.55. The van der Waals surface area contributed by atoms with Crippen LogP contribution in [0.2, 0.25) is 0 Å². The number of methoxy groups -OCH3 is 1. The summed E-state index contributed by atoms with van der Waals surface area (Å²) in [6.07, 6.45) is 6.64. The minimum absolute atomic E-state index is 0.774. The third-order valence-electron chi connectivity index (χ3n) is 5.82. The first kappa shape index (κ1) is 16.6. The molecule has 2 aliphatic rings. The number of hydrogen-bond acceptors (Lipinski definition) is 4. The van der Waals surface area contributed by atoms with Crippen LogP contribution in [0.4, 0.5) is 5.69 Å². The van der Waals surface area contributed by atoms with E-state index >= 15 is 0 Å². The quantitative estimate of drug-likeness (QED) is 0.845. The molecule has 1 atom stereocenters. The lowest BCUT2D eigenvalue weighted by Gasteiger charge is -2.27. The van der Waals surface area contributed by atoms with E-state index < -0.39 is 0 Å². The summed E-state index contributed by atoms with van der Waals surface area (Å²) in [6, 6.07) is 9.29. The number of likely N-dealkylation sites (tertiary alicyclic amines) is 1. The van der Waals surface area contributed by atoms with Gasteiger partial charge in [0.25, 0.3) is 0 Å². The summed E-state index contributed by atoms with van der Waals surface area (Å²) >= 11 is 0. The summed E-state index contributed by atoms with van der Waals surface area (Å²) in [5, 5.41) is 1.21. The molecule has 0 N–H and O–H groups in total. The average molecular weight is 339 g/mol. The molecule has 134 valence electrons. The molecule has 0 radical (unpaired) electrons. The molecule has 1 aromatic carbocycles. The molecule has 0 bridgehead atoms. The van der Waals surface area contributed by atoms with Gasteiger partial charge in [-0.2, -0.15) is 0 Å². The molecular weight excluding hydrogens is 310 g/mol. The topological polar surface area (TPSA) is 28.6 Å². The zero-order chi connectivity index (χ0) is 17.2. The highest BCUT2D eigenvalue weighted by Gasteiger charge is 2.25. The highest BCUT2D eigenvalue weighted by molar-refractivity contribution is 5.95. The minimum atomic E-state index is 0.774. The second kappa shape index (κ2) is 7.20. The third-order valence-corrected chi connectivity index (χ3v) is 5.82. The van der Waals surface area contributed by atoms with E-state index in [2.05, 4.69) is 34.9 Å². The van der Waals surface area contributed by atoms with Crippen LogP contribution in [0.25, 0.3) is 10.9 Å². The van der Waals surface area contributed by atoms with Gasteiger partial charge in [-0.15, -0.1) is 0 Å². The van der Waals surface area contributed by atoms with Crippen LogP contribution in [0.1, 0.15) is 37.8 Å². The number of anilines is 1. The second-order valence-corrected chi connectivity index (χ2v) is 7.45. The summed E-state index contributed by atoms with van der Waals surface area (Å²) < 4.78 is 5.55. The minimum Gasteiger partial charge on any atom is -0.494 e. The molecule has 0 aliphatic carbocycles.